The highest BCUT2D eigenvalue weighted by molar-refractivity contribution is 5.88. The predicted octanol–water partition coefficient (Wildman–Crippen LogP) is 3.41. The molecule has 2 heterocycles. The van der Waals surface area contributed by atoms with Crippen LogP contribution in [0.5, 0.6) is 0 Å². The van der Waals surface area contributed by atoms with E-state index in [1.807, 2.05) is 56.3 Å². The van der Waals surface area contributed by atoms with E-state index in [1.54, 1.807) is 0 Å². The molecule has 0 spiro atoms. The Kier molecular flexibility index (Phi) is 4.74. The average molecular weight is 339 g/mol. The van der Waals surface area contributed by atoms with Crippen molar-refractivity contribution in [2.75, 3.05) is 30.0 Å². The molecule has 4 rings (SSSR count). The number of carbonyl (C=O) groups is 1. The van der Waals surface area contributed by atoms with Crippen LogP contribution in [0, 0.1) is 0 Å². The molecule has 25 heavy (non-hydrogen) atoms. The minimum atomic E-state index is -0.385. The average Bonchev–Trinajstić information content (AvgIpc) is 3.02. The minimum absolute atomic E-state index is 0.344. The zero-order chi connectivity index (χ0) is 17.8. The Balaban J connectivity index is 0.000000146. The van der Waals surface area contributed by atoms with Crippen molar-refractivity contribution in [3.05, 3.63) is 48.2 Å². The second kappa shape index (κ2) is 7.12. The molecule has 3 N–H and O–H groups in total. The first-order valence-electron chi connectivity index (χ1n) is 7.94. The van der Waals surface area contributed by atoms with Gasteiger partial charge in [-0.2, -0.15) is 5.10 Å². The van der Waals surface area contributed by atoms with Gasteiger partial charge >= 0.3 is 6.09 Å². The monoisotopic (exact) mass is 339 g/mol. The SMILES string of the molecule is CNc1ccc2c(c1)COC(=O)N2.CNc1ccc2c(cnn2C)c1. The maximum Gasteiger partial charge on any atom is 0.411 e. The first-order valence-corrected chi connectivity index (χ1v) is 7.94. The van der Waals surface area contributed by atoms with Crippen molar-refractivity contribution in [2.45, 2.75) is 6.61 Å². The molecule has 1 aromatic heterocycles. The molecule has 2 aromatic carbocycles. The fourth-order valence-electron chi connectivity index (χ4n) is 2.60. The van der Waals surface area contributed by atoms with Crippen LogP contribution in [0.2, 0.25) is 0 Å². The number of aromatic nitrogens is 2. The normalized spacial score (nSPS) is 12.4. The largest absolute Gasteiger partial charge is 0.444 e. The maximum absolute atomic E-state index is 10.8. The summed E-state index contributed by atoms with van der Waals surface area (Å²) in [7, 11) is 5.71. The van der Waals surface area contributed by atoms with Gasteiger partial charge in [-0.3, -0.25) is 10.00 Å². The fraction of sp³-hybridized carbons (Fsp3) is 0.222. The molecule has 1 aliphatic rings. The number of amides is 1. The second-order valence-electron chi connectivity index (χ2n) is 5.61. The lowest BCUT2D eigenvalue weighted by Crippen LogP contribution is -2.20. The Morgan fingerprint density at radius 1 is 1.12 bits per heavy atom. The van der Waals surface area contributed by atoms with E-state index >= 15 is 0 Å². The molecule has 0 atom stereocenters. The van der Waals surface area contributed by atoms with E-state index < -0.39 is 0 Å². The van der Waals surface area contributed by atoms with Crippen molar-refractivity contribution in [3.63, 3.8) is 0 Å². The van der Waals surface area contributed by atoms with E-state index in [9.17, 15) is 4.79 Å². The fourth-order valence-corrected chi connectivity index (χ4v) is 2.60. The van der Waals surface area contributed by atoms with Crippen molar-refractivity contribution in [1.29, 1.82) is 0 Å². The molecule has 0 radical (unpaired) electrons. The summed E-state index contributed by atoms with van der Waals surface area (Å²) >= 11 is 0. The van der Waals surface area contributed by atoms with Gasteiger partial charge in [0.2, 0.25) is 0 Å². The number of aryl methyl sites for hydroxylation is 1. The van der Waals surface area contributed by atoms with Gasteiger partial charge in [0.25, 0.3) is 0 Å². The van der Waals surface area contributed by atoms with Crippen LogP contribution >= 0.6 is 0 Å². The Labute approximate surface area is 146 Å². The first kappa shape index (κ1) is 16.6. The molecule has 1 amide bonds. The smallest absolute Gasteiger partial charge is 0.411 e. The number of hydrogen-bond acceptors (Lipinski definition) is 5. The van der Waals surface area contributed by atoms with Crippen molar-refractivity contribution < 1.29 is 9.53 Å². The van der Waals surface area contributed by atoms with Gasteiger partial charge in [-0.05, 0) is 36.4 Å². The van der Waals surface area contributed by atoms with E-state index in [-0.39, 0.29) is 6.09 Å². The number of anilines is 3. The lowest BCUT2D eigenvalue weighted by Gasteiger charge is -2.17. The molecule has 7 heteroatoms. The van der Waals surface area contributed by atoms with Gasteiger partial charge in [-0.15, -0.1) is 0 Å². The molecule has 0 saturated heterocycles. The number of ether oxygens (including phenoxy) is 1. The third kappa shape index (κ3) is 3.65. The Morgan fingerprint density at radius 3 is 2.60 bits per heavy atom. The van der Waals surface area contributed by atoms with Gasteiger partial charge in [-0.25, -0.2) is 4.79 Å². The van der Waals surface area contributed by atoms with Gasteiger partial charge < -0.3 is 15.4 Å². The van der Waals surface area contributed by atoms with Crippen LogP contribution in [0.4, 0.5) is 21.9 Å². The molecular formula is C18H21N5O2. The lowest BCUT2D eigenvalue weighted by atomic mass is 10.1. The van der Waals surface area contributed by atoms with Crippen LogP contribution in [0.25, 0.3) is 10.9 Å². The van der Waals surface area contributed by atoms with Crippen LogP contribution < -0.4 is 16.0 Å². The van der Waals surface area contributed by atoms with Gasteiger partial charge in [-0.1, -0.05) is 0 Å². The Morgan fingerprint density at radius 2 is 1.84 bits per heavy atom. The number of nitrogens with zero attached hydrogens (tertiary/aromatic N) is 2. The van der Waals surface area contributed by atoms with Crippen molar-refractivity contribution in [1.82, 2.24) is 9.78 Å². The number of hydrogen-bond donors (Lipinski definition) is 3. The third-order valence-electron chi connectivity index (χ3n) is 4.02. The molecule has 1 aliphatic heterocycles. The van der Waals surface area contributed by atoms with Gasteiger partial charge in [0.1, 0.15) is 6.61 Å². The number of cyclic esters (lactones) is 1. The molecule has 3 aromatic rings. The predicted molar refractivity (Wildman–Crippen MR) is 100 cm³/mol. The second-order valence-corrected chi connectivity index (χ2v) is 5.61. The molecule has 7 nitrogen and oxygen atoms in total. The third-order valence-corrected chi connectivity index (χ3v) is 4.02. The van der Waals surface area contributed by atoms with Gasteiger partial charge in [0, 0.05) is 43.5 Å². The lowest BCUT2D eigenvalue weighted by molar-refractivity contribution is 0.151. The topological polar surface area (TPSA) is 80.2 Å². The standard InChI is InChI=1S/C9H11N3.C9H10N2O2/c1-10-8-3-4-9-7(5-8)6-11-12(9)2;1-10-7-2-3-8-6(4-7)5-13-9(12)11-8/h3-6,10H,1-2H3;2-4,10H,5H2,1H3,(H,11,12). The molecule has 0 saturated carbocycles. The highest BCUT2D eigenvalue weighted by atomic mass is 16.5. The summed E-state index contributed by atoms with van der Waals surface area (Å²) in [4.78, 5) is 10.8. The number of fused-ring (bicyclic) bond motifs is 2. The van der Waals surface area contributed by atoms with Crippen LogP contribution in [-0.4, -0.2) is 30.0 Å². The molecule has 0 fully saturated rings. The van der Waals surface area contributed by atoms with Crippen molar-refractivity contribution in [2.24, 2.45) is 7.05 Å². The van der Waals surface area contributed by atoms with E-state index in [2.05, 4.69) is 33.2 Å². The summed E-state index contributed by atoms with van der Waals surface area (Å²) in [6, 6.07) is 11.9. The number of carbonyl (C=O) groups excluding carboxylic acids is 1. The molecule has 130 valence electrons. The Bertz CT molecular complexity index is 904. The molecular weight excluding hydrogens is 318 g/mol. The van der Waals surface area contributed by atoms with Crippen LogP contribution in [0.3, 0.4) is 0 Å². The van der Waals surface area contributed by atoms with E-state index in [1.165, 1.54) is 5.39 Å². The van der Waals surface area contributed by atoms with E-state index in [0.29, 0.717) is 6.61 Å². The Hall–Kier alpha value is -3.22. The van der Waals surface area contributed by atoms with Crippen LogP contribution in [0.1, 0.15) is 5.56 Å². The van der Waals surface area contributed by atoms with E-state index in [4.69, 9.17) is 4.74 Å². The van der Waals surface area contributed by atoms with Crippen molar-refractivity contribution >= 4 is 34.1 Å². The molecule has 0 aliphatic carbocycles. The first-order chi connectivity index (χ1) is 12.1. The number of benzene rings is 2. The summed E-state index contributed by atoms with van der Waals surface area (Å²) in [6.07, 6.45) is 1.49. The highest BCUT2D eigenvalue weighted by Crippen LogP contribution is 2.24. The van der Waals surface area contributed by atoms with Crippen LogP contribution in [-0.2, 0) is 18.4 Å². The zero-order valence-electron chi connectivity index (χ0n) is 14.5. The van der Waals surface area contributed by atoms with Gasteiger partial charge in [0.15, 0.2) is 0 Å². The molecule has 0 unspecified atom stereocenters. The summed E-state index contributed by atoms with van der Waals surface area (Å²) < 4.78 is 6.70. The van der Waals surface area contributed by atoms with Crippen LogP contribution in [0.15, 0.2) is 42.6 Å². The number of nitrogens with one attached hydrogen (secondary N) is 3. The van der Waals surface area contributed by atoms with Crippen molar-refractivity contribution in [3.8, 4) is 0 Å². The summed E-state index contributed by atoms with van der Waals surface area (Å²) in [6.45, 7) is 0.344. The molecule has 0 bridgehead atoms. The summed E-state index contributed by atoms with van der Waals surface area (Å²) in [5.41, 5.74) is 5.12. The summed E-state index contributed by atoms with van der Waals surface area (Å²) in [5, 5.41) is 14.1. The summed E-state index contributed by atoms with van der Waals surface area (Å²) in [5.74, 6) is 0. The van der Waals surface area contributed by atoms with E-state index in [0.717, 1.165) is 28.1 Å². The maximum atomic E-state index is 10.8. The quantitative estimate of drug-likeness (QED) is 0.667. The highest BCUT2D eigenvalue weighted by Gasteiger charge is 2.14. The van der Waals surface area contributed by atoms with Gasteiger partial charge in [0.05, 0.1) is 17.4 Å². The number of rotatable bonds is 2. The zero-order valence-corrected chi connectivity index (χ0v) is 14.5. The minimum Gasteiger partial charge on any atom is -0.444 e.